The number of hydrogen-bond donors (Lipinski definition) is 0. The minimum absolute atomic E-state index is 0.0822. The second kappa shape index (κ2) is 71.1. The summed E-state index contributed by atoms with van der Waals surface area (Å²) in [5, 5.41) is 0. The number of carbonyl (C=O) groups is 3. The summed E-state index contributed by atoms with van der Waals surface area (Å²) in [4.78, 5) is 38.5. The summed E-state index contributed by atoms with van der Waals surface area (Å²) in [5.74, 6) is -0.893. The van der Waals surface area contributed by atoms with Crippen molar-refractivity contribution in [2.24, 2.45) is 0 Å². The Kier molecular flexibility index (Phi) is 68.2. The van der Waals surface area contributed by atoms with Crippen molar-refractivity contribution in [2.45, 2.75) is 374 Å². The normalized spacial score (nSPS) is 12.6. The zero-order valence-electron chi connectivity index (χ0n) is 55.2. The molecule has 480 valence electrons. The molecule has 0 aromatic heterocycles. The van der Waals surface area contributed by atoms with Gasteiger partial charge in [-0.1, -0.05) is 356 Å². The smallest absolute Gasteiger partial charge is 0.306 e. The first-order valence-corrected chi connectivity index (χ1v) is 36.1. The summed E-state index contributed by atoms with van der Waals surface area (Å²) >= 11 is 0. The van der Waals surface area contributed by atoms with E-state index in [2.05, 4.69) is 106 Å². The van der Waals surface area contributed by atoms with E-state index in [1.807, 2.05) is 0 Å². The summed E-state index contributed by atoms with van der Waals surface area (Å²) in [6.45, 7) is 6.57. The van der Waals surface area contributed by atoms with Crippen molar-refractivity contribution >= 4 is 17.9 Å². The fourth-order valence-electron chi connectivity index (χ4n) is 10.5. The molecule has 83 heavy (non-hydrogen) atoms. The second-order valence-corrected chi connectivity index (χ2v) is 24.1. The molecule has 0 fully saturated rings. The number of ether oxygens (including phenoxy) is 3. The van der Waals surface area contributed by atoms with Gasteiger partial charge < -0.3 is 14.2 Å². The SMILES string of the molecule is CC/C=C\C/C=C\C/C=C\C/C=C\C/C=C\C/C=C\C/C=C\CCCCCC(=O)OCC(COC(=O)CCCCCCCCCCCCCCCCCCC)OC(=O)CCCCCCCCCCCCCCCCCCCCCCCCC. The van der Waals surface area contributed by atoms with Gasteiger partial charge in [0.05, 0.1) is 0 Å². The molecule has 0 heterocycles. The number of hydrogen-bond acceptors (Lipinski definition) is 6. The van der Waals surface area contributed by atoms with Crippen LogP contribution < -0.4 is 0 Å². The molecule has 0 aliphatic carbocycles. The largest absolute Gasteiger partial charge is 0.462 e. The molecular formula is C77H136O6. The Morgan fingerprint density at radius 3 is 0.735 bits per heavy atom. The Balaban J connectivity index is 4.39. The van der Waals surface area contributed by atoms with Crippen LogP contribution in [0, 0.1) is 0 Å². The lowest BCUT2D eigenvalue weighted by molar-refractivity contribution is -0.167. The summed E-state index contributed by atoms with van der Waals surface area (Å²) in [5.41, 5.74) is 0. The predicted octanol–water partition coefficient (Wildman–Crippen LogP) is 25.0. The van der Waals surface area contributed by atoms with Crippen LogP contribution in [-0.2, 0) is 28.6 Å². The van der Waals surface area contributed by atoms with Crippen LogP contribution in [0.25, 0.3) is 0 Å². The molecule has 1 atom stereocenters. The predicted molar refractivity (Wildman–Crippen MR) is 362 cm³/mol. The van der Waals surface area contributed by atoms with E-state index in [4.69, 9.17) is 14.2 Å². The highest BCUT2D eigenvalue weighted by Gasteiger charge is 2.19. The Labute approximate surface area is 515 Å². The van der Waals surface area contributed by atoms with E-state index >= 15 is 0 Å². The van der Waals surface area contributed by atoms with Crippen LogP contribution in [-0.4, -0.2) is 37.2 Å². The lowest BCUT2D eigenvalue weighted by Gasteiger charge is -2.18. The molecule has 0 saturated carbocycles. The highest BCUT2D eigenvalue weighted by atomic mass is 16.6. The number of allylic oxidation sites excluding steroid dienone is 14. The Morgan fingerprint density at radius 1 is 0.253 bits per heavy atom. The lowest BCUT2D eigenvalue weighted by Crippen LogP contribution is -2.30. The van der Waals surface area contributed by atoms with Gasteiger partial charge in [0, 0.05) is 19.3 Å². The van der Waals surface area contributed by atoms with Gasteiger partial charge in [-0.05, 0) is 77.0 Å². The minimum Gasteiger partial charge on any atom is -0.462 e. The van der Waals surface area contributed by atoms with Gasteiger partial charge in [0.25, 0.3) is 0 Å². The van der Waals surface area contributed by atoms with Crippen LogP contribution >= 0.6 is 0 Å². The summed E-state index contributed by atoms with van der Waals surface area (Å²) in [6.07, 6.45) is 94.7. The molecular weight excluding hydrogens is 1020 g/mol. The number of rotatable bonds is 66. The van der Waals surface area contributed by atoms with Crippen LogP contribution in [0.15, 0.2) is 85.1 Å². The van der Waals surface area contributed by atoms with Gasteiger partial charge in [-0.15, -0.1) is 0 Å². The van der Waals surface area contributed by atoms with Crippen molar-refractivity contribution < 1.29 is 28.6 Å². The number of carbonyl (C=O) groups excluding carboxylic acids is 3. The number of esters is 3. The molecule has 0 aliphatic rings. The van der Waals surface area contributed by atoms with Crippen molar-refractivity contribution in [2.75, 3.05) is 13.2 Å². The van der Waals surface area contributed by atoms with E-state index in [0.29, 0.717) is 19.3 Å². The molecule has 0 spiro atoms. The van der Waals surface area contributed by atoms with E-state index in [0.717, 1.165) is 109 Å². The second-order valence-electron chi connectivity index (χ2n) is 24.1. The Bertz CT molecular complexity index is 1570. The van der Waals surface area contributed by atoms with E-state index in [9.17, 15) is 14.4 Å². The summed E-state index contributed by atoms with van der Waals surface area (Å²) < 4.78 is 17.0. The highest BCUT2D eigenvalue weighted by Crippen LogP contribution is 2.18. The standard InChI is InChI=1S/C77H136O6/c1-4-7-10-13-16-19-22-25-28-31-33-35-37-38-40-41-43-46-49-52-55-58-61-64-67-70-76(79)82-73-74(72-81-75(78)69-66-63-60-57-54-51-48-45-30-27-24-21-18-15-12-9-6-3)83-77(80)71-68-65-62-59-56-53-50-47-44-42-39-36-34-32-29-26-23-20-17-14-11-8-5-2/h7,10,16,19,25,28,33,35,38,40,43,46,52,55,74H,4-6,8-9,11-15,17-18,20-24,26-27,29-32,34,36-37,39,41-42,44-45,47-51,53-54,56-73H2,1-3H3/b10-7-,19-16-,28-25-,35-33-,40-38-,46-43-,55-52-. The Morgan fingerprint density at radius 2 is 0.470 bits per heavy atom. The van der Waals surface area contributed by atoms with Gasteiger partial charge in [-0.25, -0.2) is 0 Å². The van der Waals surface area contributed by atoms with Gasteiger partial charge in [0.1, 0.15) is 13.2 Å². The average molecular weight is 1160 g/mol. The Hall–Kier alpha value is -3.41. The molecule has 6 heteroatoms. The van der Waals surface area contributed by atoms with E-state index < -0.39 is 6.10 Å². The van der Waals surface area contributed by atoms with Crippen LogP contribution in [0.4, 0.5) is 0 Å². The van der Waals surface area contributed by atoms with Gasteiger partial charge in [-0.3, -0.25) is 14.4 Å². The molecule has 0 rings (SSSR count). The van der Waals surface area contributed by atoms with Crippen LogP contribution in [0.2, 0.25) is 0 Å². The maximum atomic E-state index is 13.0. The fourth-order valence-corrected chi connectivity index (χ4v) is 10.5. The highest BCUT2D eigenvalue weighted by molar-refractivity contribution is 5.71. The lowest BCUT2D eigenvalue weighted by atomic mass is 10.0. The van der Waals surface area contributed by atoms with E-state index in [1.165, 1.54) is 218 Å². The molecule has 0 aromatic carbocycles. The third kappa shape index (κ3) is 69.3. The zero-order valence-corrected chi connectivity index (χ0v) is 55.2. The maximum absolute atomic E-state index is 13.0. The van der Waals surface area contributed by atoms with Crippen molar-refractivity contribution in [3.8, 4) is 0 Å². The van der Waals surface area contributed by atoms with Crippen LogP contribution in [0.1, 0.15) is 367 Å². The quantitative estimate of drug-likeness (QED) is 0.0261. The summed E-state index contributed by atoms with van der Waals surface area (Å²) in [6, 6.07) is 0. The van der Waals surface area contributed by atoms with Gasteiger partial charge >= 0.3 is 17.9 Å². The first-order valence-electron chi connectivity index (χ1n) is 36.1. The molecule has 0 N–H and O–H groups in total. The molecule has 0 aliphatic heterocycles. The maximum Gasteiger partial charge on any atom is 0.306 e. The van der Waals surface area contributed by atoms with Gasteiger partial charge in [-0.2, -0.15) is 0 Å². The molecule has 0 aromatic rings. The first kappa shape index (κ1) is 79.6. The first-order chi connectivity index (χ1) is 41.0. The monoisotopic (exact) mass is 1160 g/mol. The minimum atomic E-state index is -0.790. The van der Waals surface area contributed by atoms with E-state index in [1.54, 1.807) is 0 Å². The molecule has 1 unspecified atom stereocenters. The molecule has 6 nitrogen and oxygen atoms in total. The third-order valence-electron chi connectivity index (χ3n) is 15.9. The third-order valence-corrected chi connectivity index (χ3v) is 15.9. The molecule has 0 saturated heterocycles. The molecule has 0 bridgehead atoms. The van der Waals surface area contributed by atoms with Gasteiger partial charge in [0.15, 0.2) is 6.10 Å². The molecule has 0 radical (unpaired) electrons. The zero-order chi connectivity index (χ0) is 59.9. The summed E-state index contributed by atoms with van der Waals surface area (Å²) in [7, 11) is 0. The topological polar surface area (TPSA) is 78.9 Å². The van der Waals surface area contributed by atoms with E-state index in [-0.39, 0.29) is 31.1 Å². The van der Waals surface area contributed by atoms with Crippen molar-refractivity contribution in [1.82, 2.24) is 0 Å². The van der Waals surface area contributed by atoms with Crippen molar-refractivity contribution in [3.05, 3.63) is 85.1 Å². The fraction of sp³-hybridized carbons (Fsp3) is 0.779. The average Bonchev–Trinajstić information content (AvgIpc) is 3.49. The molecule has 0 amide bonds. The van der Waals surface area contributed by atoms with Crippen molar-refractivity contribution in [3.63, 3.8) is 0 Å². The van der Waals surface area contributed by atoms with Crippen molar-refractivity contribution in [1.29, 1.82) is 0 Å². The van der Waals surface area contributed by atoms with Crippen LogP contribution in [0.5, 0.6) is 0 Å². The van der Waals surface area contributed by atoms with Gasteiger partial charge in [0.2, 0.25) is 0 Å². The number of unbranched alkanes of at least 4 members (excludes halogenated alkanes) is 41. The van der Waals surface area contributed by atoms with Crippen LogP contribution in [0.3, 0.4) is 0 Å².